The van der Waals surface area contributed by atoms with Crippen LogP contribution in [0.2, 0.25) is 0 Å². The summed E-state index contributed by atoms with van der Waals surface area (Å²) in [6.07, 6.45) is 2.95. The average molecular weight is 277 g/mol. The van der Waals surface area contributed by atoms with Crippen molar-refractivity contribution in [2.75, 3.05) is 6.61 Å². The van der Waals surface area contributed by atoms with Gasteiger partial charge < -0.3 is 15.2 Å². The molecule has 4 heteroatoms. The van der Waals surface area contributed by atoms with Gasteiger partial charge in [-0.05, 0) is 57.2 Å². The SMILES string of the molecule is CCOc1cccc(C(C)NC(=O)C2(O)CCCC2)c1. The summed E-state index contributed by atoms with van der Waals surface area (Å²) in [5, 5.41) is 13.2. The standard InChI is InChI=1S/C16H23NO3/c1-3-20-14-8-6-7-13(11-14)12(2)17-15(18)16(19)9-4-5-10-16/h6-8,11-12,19H,3-5,9-10H2,1-2H3,(H,17,18). The second-order valence-corrected chi connectivity index (χ2v) is 5.44. The van der Waals surface area contributed by atoms with Crippen molar-refractivity contribution in [3.8, 4) is 5.75 Å². The Hall–Kier alpha value is -1.55. The second-order valence-electron chi connectivity index (χ2n) is 5.44. The van der Waals surface area contributed by atoms with Crippen molar-refractivity contribution >= 4 is 5.91 Å². The highest BCUT2D eigenvalue weighted by molar-refractivity contribution is 5.85. The minimum absolute atomic E-state index is 0.146. The van der Waals surface area contributed by atoms with Crippen LogP contribution in [0.3, 0.4) is 0 Å². The molecule has 0 heterocycles. The van der Waals surface area contributed by atoms with E-state index in [0.717, 1.165) is 24.2 Å². The van der Waals surface area contributed by atoms with Crippen LogP contribution in [-0.2, 0) is 4.79 Å². The van der Waals surface area contributed by atoms with E-state index in [0.29, 0.717) is 19.4 Å². The molecule has 2 N–H and O–H groups in total. The van der Waals surface area contributed by atoms with Gasteiger partial charge in [0.2, 0.25) is 0 Å². The number of nitrogens with one attached hydrogen (secondary N) is 1. The molecule has 20 heavy (non-hydrogen) atoms. The van der Waals surface area contributed by atoms with Crippen LogP contribution in [0.25, 0.3) is 0 Å². The third kappa shape index (κ3) is 3.31. The minimum Gasteiger partial charge on any atom is -0.494 e. The smallest absolute Gasteiger partial charge is 0.252 e. The first-order valence-corrected chi connectivity index (χ1v) is 7.31. The van der Waals surface area contributed by atoms with Crippen LogP contribution in [0, 0.1) is 0 Å². The highest BCUT2D eigenvalue weighted by Crippen LogP contribution is 2.30. The topological polar surface area (TPSA) is 58.6 Å². The second kappa shape index (κ2) is 6.27. The molecule has 110 valence electrons. The van der Waals surface area contributed by atoms with Gasteiger partial charge in [-0.3, -0.25) is 4.79 Å². The minimum atomic E-state index is -1.17. The maximum atomic E-state index is 12.2. The molecule has 1 aromatic rings. The van der Waals surface area contributed by atoms with Gasteiger partial charge in [-0.1, -0.05) is 12.1 Å². The van der Waals surface area contributed by atoms with Gasteiger partial charge in [0.25, 0.3) is 5.91 Å². The molecule has 1 aliphatic carbocycles. The van der Waals surface area contributed by atoms with Crippen LogP contribution >= 0.6 is 0 Å². The zero-order chi connectivity index (χ0) is 14.6. The van der Waals surface area contributed by atoms with Crippen LogP contribution in [0.4, 0.5) is 0 Å². The number of hydrogen-bond acceptors (Lipinski definition) is 3. The largest absolute Gasteiger partial charge is 0.494 e. The monoisotopic (exact) mass is 277 g/mol. The Bertz CT molecular complexity index is 467. The maximum absolute atomic E-state index is 12.2. The van der Waals surface area contributed by atoms with Crippen LogP contribution in [0.5, 0.6) is 5.75 Å². The predicted octanol–water partition coefficient (Wildman–Crippen LogP) is 2.57. The summed E-state index contributed by atoms with van der Waals surface area (Å²) < 4.78 is 5.46. The fourth-order valence-corrected chi connectivity index (χ4v) is 2.64. The summed E-state index contributed by atoms with van der Waals surface area (Å²) in [7, 11) is 0. The fourth-order valence-electron chi connectivity index (χ4n) is 2.64. The molecule has 1 saturated carbocycles. The molecule has 0 spiro atoms. The van der Waals surface area contributed by atoms with E-state index < -0.39 is 5.60 Å². The lowest BCUT2D eigenvalue weighted by atomic mass is 10.00. The zero-order valence-electron chi connectivity index (χ0n) is 12.2. The molecule has 0 aromatic heterocycles. The highest BCUT2D eigenvalue weighted by Gasteiger charge is 2.39. The Labute approximate surface area is 120 Å². The van der Waals surface area contributed by atoms with Gasteiger partial charge in [0, 0.05) is 0 Å². The Balaban J connectivity index is 2.02. The Morgan fingerprint density at radius 1 is 1.45 bits per heavy atom. The number of carbonyl (C=O) groups is 1. The molecule has 0 saturated heterocycles. The molecule has 1 unspecified atom stereocenters. The first kappa shape index (κ1) is 14.9. The number of benzene rings is 1. The van der Waals surface area contributed by atoms with Crippen molar-refractivity contribution in [1.82, 2.24) is 5.32 Å². The van der Waals surface area contributed by atoms with Crippen molar-refractivity contribution < 1.29 is 14.6 Å². The first-order chi connectivity index (χ1) is 9.55. The normalized spacial score (nSPS) is 18.6. The van der Waals surface area contributed by atoms with E-state index in [1.165, 1.54) is 0 Å². The molecule has 0 aliphatic heterocycles. The summed E-state index contributed by atoms with van der Waals surface area (Å²) in [6, 6.07) is 7.53. The van der Waals surface area contributed by atoms with Gasteiger partial charge >= 0.3 is 0 Å². The predicted molar refractivity (Wildman–Crippen MR) is 77.6 cm³/mol. The third-order valence-corrected chi connectivity index (χ3v) is 3.87. The first-order valence-electron chi connectivity index (χ1n) is 7.31. The van der Waals surface area contributed by atoms with E-state index in [1.54, 1.807) is 0 Å². The van der Waals surface area contributed by atoms with E-state index in [9.17, 15) is 9.90 Å². The van der Waals surface area contributed by atoms with E-state index in [2.05, 4.69) is 5.32 Å². The molecular weight excluding hydrogens is 254 g/mol. The molecular formula is C16H23NO3. The lowest BCUT2D eigenvalue weighted by Crippen LogP contribution is -2.45. The van der Waals surface area contributed by atoms with Crippen molar-refractivity contribution in [2.24, 2.45) is 0 Å². The molecule has 0 radical (unpaired) electrons. The van der Waals surface area contributed by atoms with Crippen molar-refractivity contribution in [3.63, 3.8) is 0 Å². The lowest BCUT2D eigenvalue weighted by molar-refractivity contribution is -0.139. The highest BCUT2D eigenvalue weighted by atomic mass is 16.5. The van der Waals surface area contributed by atoms with Crippen LogP contribution in [0.1, 0.15) is 51.1 Å². The quantitative estimate of drug-likeness (QED) is 0.869. The van der Waals surface area contributed by atoms with Crippen molar-refractivity contribution in [3.05, 3.63) is 29.8 Å². The summed E-state index contributed by atoms with van der Waals surface area (Å²) >= 11 is 0. The Morgan fingerprint density at radius 2 is 2.15 bits per heavy atom. The molecule has 1 amide bonds. The summed E-state index contributed by atoms with van der Waals surface area (Å²) in [4.78, 5) is 12.2. The van der Waals surface area contributed by atoms with E-state index in [-0.39, 0.29) is 11.9 Å². The number of rotatable bonds is 5. The van der Waals surface area contributed by atoms with Gasteiger partial charge in [-0.25, -0.2) is 0 Å². The summed E-state index contributed by atoms with van der Waals surface area (Å²) in [6.45, 7) is 4.47. The number of ether oxygens (including phenoxy) is 1. The zero-order valence-corrected chi connectivity index (χ0v) is 12.2. The third-order valence-electron chi connectivity index (χ3n) is 3.87. The molecule has 2 rings (SSSR count). The van der Waals surface area contributed by atoms with Crippen LogP contribution < -0.4 is 10.1 Å². The molecule has 1 aliphatic rings. The number of aliphatic hydroxyl groups is 1. The number of amides is 1. The fraction of sp³-hybridized carbons (Fsp3) is 0.562. The molecule has 1 fully saturated rings. The van der Waals surface area contributed by atoms with Crippen molar-refractivity contribution in [2.45, 2.75) is 51.2 Å². The lowest BCUT2D eigenvalue weighted by Gasteiger charge is -2.24. The molecule has 1 aromatic carbocycles. The van der Waals surface area contributed by atoms with Crippen LogP contribution in [0.15, 0.2) is 24.3 Å². The molecule has 0 bridgehead atoms. The van der Waals surface area contributed by atoms with Crippen LogP contribution in [-0.4, -0.2) is 23.2 Å². The van der Waals surface area contributed by atoms with E-state index in [4.69, 9.17) is 4.74 Å². The van der Waals surface area contributed by atoms with Gasteiger partial charge in [0.1, 0.15) is 11.4 Å². The Morgan fingerprint density at radius 3 is 2.80 bits per heavy atom. The maximum Gasteiger partial charge on any atom is 0.252 e. The number of carbonyl (C=O) groups excluding carboxylic acids is 1. The molecule has 1 atom stereocenters. The van der Waals surface area contributed by atoms with Gasteiger partial charge in [0.05, 0.1) is 12.6 Å². The summed E-state index contributed by atoms with van der Waals surface area (Å²) in [5.41, 5.74) is -0.197. The van der Waals surface area contributed by atoms with E-state index in [1.807, 2.05) is 38.1 Å². The van der Waals surface area contributed by atoms with Gasteiger partial charge in [-0.15, -0.1) is 0 Å². The van der Waals surface area contributed by atoms with Crippen molar-refractivity contribution in [1.29, 1.82) is 0 Å². The van der Waals surface area contributed by atoms with Gasteiger partial charge in [-0.2, -0.15) is 0 Å². The molecule has 4 nitrogen and oxygen atoms in total. The number of hydrogen-bond donors (Lipinski definition) is 2. The summed E-state index contributed by atoms with van der Waals surface area (Å²) in [5.74, 6) is 0.537. The van der Waals surface area contributed by atoms with E-state index >= 15 is 0 Å². The average Bonchev–Trinajstić information content (AvgIpc) is 2.88. The Kier molecular flexibility index (Phi) is 4.65. The van der Waals surface area contributed by atoms with Gasteiger partial charge in [0.15, 0.2) is 0 Å².